The summed E-state index contributed by atoms with van der Waals surface area (Å²) in [5.74, 6) is -0.450. The molecule has 0 atom stereocenters. The number of sulfonamides is 1. The molecule has 0 saturated carbocycles. The van der Waals surface area contributed by atoms with E-state index < -0.39 is 20.9 Å². The predicted octanol–water partition coefficient (Wildman–Crippen LogP) is 1.31. The summed E-state index contributed by atoms with van der Waals surface area (Å²) in [6, 6.07) is 12.0. The normalized spacial score (nSPS) is 14.8. The van der Waals surface area contributed by atoms with Gasteiger partial charge in [-0.2, -0.15) is 4.31 Å². The molecule has 0 aromatic heterocycles. The molecule has 1 fully saturated rings. The maximum atomic E-state index is 12.6. The molecule has 2 aromatic carbocycles. The summed E-state index contributed by atoms with van der Waals surface area (Å²) < 4.78 is 37.0. The number of rotatable bonds is 8. The van der Waals surface area contributed by atoms with Gasteiger partial charge in [-0.25, -0.2) is 8.42 Å². The number of ether oxygens (including phenoxy) is 2. The van der Waals surface area contributed by atoms with Crippen LogP contribution in [0.5, 0.6) is 5.75 Å². The molecule has 0 spiro atoms. The molecular formula is C19H21N3O7S. The Morgan fingerprint density at radius 2 is 1.80 bits per heavy atom. The zero-order valence-corrected chi connectivity index (χ0v) is 16.8. The fourth-order valence-electron chi connectivity index (χ4n) is 2.84. The van der Waals surface area contributed by atoms with Gasteiger partial charge in [0.15, 0.2) is 12.4 Å². The lowest BCUT2D eigenvalue weighted by atomic mass is 10.2. The lowest BCUT2D eigenvalue weighted by Gasteiger charge is -2.26. The van der Waals surface area contributed by atoms with E-state index >= 15 is 0 Å². The minimum Gasteiger partial charge on any atom is -0.477 e. The SMILES string of the molecule is O=C(COc1ccccc1[N+](=O)[O-])NCc1ccc(S(=O)(=O)N2CCOCC2)cc1. The molecule has 1 aliphatic heterocycles. The molecule has 2 aromatic rings. The van der Waals surface area contributed by atoms with Gasteiger partial charge in [-0.1, -0.05) is 24.3 Å². The second-order valence-electron chi connectivity index (χ2n) is 6.45. The van der Waals surface area contributed by atoms with E-state index in [0.29, 0.717) is 31.9 Å². The van der Waals surface area contributed by atoms with Gasteiger partial charge in [-0.3, -0.25) is 14.9 Å². The summed E-state index contributed by atoms with van der Waals surface area (Å²) >= 11 is 0. The topological polar surface area (TPSA) is 128 Å². The van der Waals surface area contributed by atoms with Crippen LogP contribution in [0.4, 0.5) is 5.69 Å². The monoisotopic (exact) mass is 435 g/mol. The molecule has 1 saturated heterocycles. The molecule has 0 unspecified atom stereocenters. The fraction of sp³-hybridized carbons (Fsp3) is 0.316. The Labute approximate surface area is 173 Å². The van der Waals surface area contributed by atoms with Crippen LogP contribution in [0, 0.1) is 10.1 Å². The average Bonchev–Trinajstić information content (AvgIpc) is 2.77. The van der Waals surface area contributed by atoms with Crippen molar-refractivity contribution in [2.45, 2.75) is 11.4 Å². The smallest absolute Gasteiger partial charge is 0.310 e. The molecule has 1 aliphatic rings. The van der Waals surface area contributed by atoms with Crippen molar-refractivity contribution >= 4 is 21.6 Å². The molecule has 0 radical (unpaired) electrons. The van der Waals surface area contributed by atoms with E-state index in [4.69, 9.17) is 9.47 Å². The predicted molar refractivity (Wildman–Crippen MR) is 106 cm³/mol. The second kappa shape index (κ2) is 9.65. The minimum atomic E-state index is -3.57. The number of benzene rings is 2. The lowest BCUT2D eigenvalue weighted by molar-refractivity contribution is -0.385. The summed E-state index contributed by atoms with van der Waals surface area (Å²) in [6.45, 7) is 1.17. The first-order chi connectivity index (χ1) is 14.4. The molecule has 1 amide bonds. The fourth-order valence-corrected chi connectivity index (χ4v) is 4.25. The Kier molecular flexibility index (Phi) is 6.98. The number of hydrogen-bond donors (Lipinski definition) is 1. The van der Waals surface area contributed by atoms with E-state index in [0.717, 1.165) is 0 Å². The van der Waals surface area contributed by atoms with E-state index in [9.17, 15) is 23.3 Å². The summed E-state index contributed by atoms with van der Waals surface area (Å²) in [5.41, 5.74) is 0.484. The van der Waals surface area contributed by atoms with Crippen molar-refractivity contribution in [1.29, 1.82) is 0 Å². The van der Waals surface area contributed by atoms with E-state index in [-0.39, 0.29) is 29.5 Å². The number of hydrogen-bond acceptors (Lipinski definition) is 7. The highest BCUT2D eigenvalue weighted by atomic mass is 32.2. The van der Waals surface area contributed by atoms with Crippen molar-refractivity contribution in [3.8, 4) is 5.75 Å². The molecule has 1 heterocycles. The molecule has 0 bridgehead atoms. The van der Waals surface area contributed by atoms with Crippen LogP contribution in [0.1, 0.15) is 5.56 Å². The van der Waals surface area contributed by atoms with Crippen LogP contribution in [0.2, 0.25) is 0 Å². The third-order valence-corrected chi connectivity index (χ3v) is 6.35. The molecule has 30 heavy (non-hydrogen) atoms. The van der Waals surface area contributed by atoms with Crippen LogP contribution in [-0.2, 0) is 26.1 Å². The summed E-state index contributed by atoms with van der Waals surface area (Å²) in [6.07, 6.45) is 0. The Morgan fingerprint density at radius 3 is 2.47 bits per heavy atom. The van der Waals surface area contributed by atoms with Crippen LogP contribution < -0.4 is 10.1 Å². The van der Waals surface area contributed by atoms with Gasteiger partial charge in [-0.05, 0) is 23.8 Å². The standard InChI is InChI=1S/C19H21N3O7S/c23-19(14-29-18-4-2-1-3-17(18)22(24)25)20-13-15-5-7-16(8-6-15)30(26,27)21-9-11-28-12-10-21/h1-8H,9-14H2,(H,20,23). The van der Waals surface area contributed by atoms with Gasteiger partial charge < -0.3 is 14.8 Å². The highest BCUT2D eigenvalue weighted by Crippen LogP contribution is 2.25. The number of nitrogens with zero attached hydrogens (tertiary/aromatic N) is 2. The Hall–Kier alpha value is -3.02. The average molecular weight is 435 g/mol. The number of nitro groups is 1. The maximum absolute atomic E-state index is 12.6. The van der Waals surface area contributed by atoms with E-state index in [1.54, 1.807) is 18.2 Å². The van der Waals surface area contributed by atoms with Crippen LogP contribution in [0.3, 0.4) is 0 Å². The Bertz CT molecular complexity index is 1000. The van der Waals surface area contributed by atoms with Crippen molar-refractivity contribution in [2.75, 3.05) is 32.9 Å². The zero-order chi connectivity index (χ0) is 21.6. The van der Waals surface area contributed by atoms with E-state index in [1.165, 1.54) is 34.6 Å². The van der Waals surface area contributed by atoms with Crippen LogP contribution in [0.25, 0.3) is 0 Å². The third kappa shape index (κ3) is 5.32. The highest BCUT2D eigenvalue weighted by Gasteiger charge is 2.26. The largest absolute Gasteiger partial charge is 0.477 e. The minimum absolute atomic E-state index is 0.00956. The number of morpholine rings is 1. The van der Waals surface area contributed by atoms with Gasteiger partial charge in [0.25, 0.3) is 5.91 Å². The van der Waals surface area contributed by atoms with Crippen LogP contribution in [0.15, 0.2) is 53.4 Å². The summed E-state index contributed by atoms with van der Waals surface area (Å²) in [7, 11) is -3.57. The maximum Gasteiger partial charge on any atom is 0.310 e. The van der Waals surface area contributed by atoms with Crippen molar-refractivity contribution < 1.29 is 27.6 Å². The van der Waals surface area contributed by atoms with Gasteiger partial charge in [-0.15, -0.1) is 0 Å². The molecule has 0 aliphatic carbocycles. The molecule has 160 valence electrons. The van der Waals surface area contributed by atoms with E-state index in [2.05, 4.69) is 5.32 Å². The van der Waals surface area contributed by atoms with Gasteiger partial charge in [0, 0.05) is 25.7 Å². The molecular weight excluding hydrogens is 414 g/mol. The number of carbonyl (C=O) groups excluding carboxylic acids is 1. The molecule has 3 rings (SSSR count). The first kappa shape index (κ1) is 21.7. The van der Waals surface area contributed by atoms with Crippen LogP contribution >= 0.6 is 0 Å². The second-order valence-corrected chi connectivity index (χ2v) is 8.39. The zero-order valence-electron chi connectivity index (χ0n) is 16.0. The van der Waals surface area contributed by atoms with Gasteiger partial charge >= 0.3 is 5.69 Å². The lowest BCUT2D eigenvalue weighted by Crippen LogP contribution is -2.40. The van der Waals surface area contributed by atoms with Gasteiger partial charge in [0.05, 0.1) is 23.0 Å². The summed E-state index contributed by atoms with van der Waals surface area (Å²) in [4.78, 5) is 22.5. The third-order valence-electron chi connectivity index (χ3n) is 4.44. The number of carbonyl (C=O) groups is 1. The van der Waals surface area contributed by atoms with Gasteiger partial charge in [0.2, 0.25) is 10.0 Å². The molecule has 11 heteroatoms. The van der Waals surface area contributed by atoms with Gasteiger partial charge in [0.1, 0.15) is 0 Å². The Morgan fingerprint density at radius 1 is 1.13 bits per heavy atom. The first-order valence-electron chi connectivity index (χ1n) is 9.17. The van der Waals surface area contributed by atoms with E-state index in [1.807, 2.05) is 0 Å². The highest BCUT2D eigenvalue weighted by molar-refractivity contribution is 7.89. The Balaban J connectivity index is 1.52. The number of para-hydroxylation sites is 2. The quantitative estimate of drug-likeness (QED) is 0.489. The van der Waals surface area contributed by atoms with Crippen molar-refractivity contribution in [3.63, 3.8) is 0 Å². The number of nitro benzene ring substituents is 1. The first-order valence-corrected chi connectivity index (χ1v) is 10.6. The number of nitrogens with one attached hydrogen (secondary N) is 1. The number of amides is 1. The van der Waals surface area contributed by atoms with Crippen molar-refractivity contribution in [2.24, 2.45) is 0 Å². The van der Waals surface area contributed by atoms with Crippen molar-refractivity contribution in [1.82, 2.24) is 9.62 Å². The van der Waals surface area contributed by atoms with Crippen LogP contribution in [-0.4, -0.2) is 56.5 Å². The molecule has 10 nitrogen and oxygen atoms in total. The molecule has 1 N–H and O–H groups in total. The van der Waals surface area contributed by atoms with Crippen molar-refractivity contribution in [3.05, 3.63) is 64.2 Å². The summed E-state index contributed by atoms with van der Waals surface area (Å²) in [5, 5.41) is 13.6.